The highest BCUT2D eigenvalue weighted by atomic mass is 16.5. The van der Waals surface area contributed by atoms with Crippen LogP contribution in [0.3, 0.4) is 0 Å². The largest absolute Gasteiger partial charge is 0.515 e. The average Bonchev–Trinajstić information content (AvgIpc) is 3.83. The second-order valence-corrected chi connectivity index (χ2v) is 13.3. The minimum Gasteiger partial charge on any atom is -0.515 e. The van der Waals surface area contributed by atoms with Crippen molar-refractivity contribution in [2.24, 2.45) is 26.8 Å². The number of aliphatic hydroxyl groups excluding tert-OH is 1. The first kappa shape index (κ1) is 39.1. The Bertz CT molecular complexity index is 1930. The van der Waals surface area contributed by atoms with Crippen LogP contribution in [0.15, 0.2) is 107 Å². The van der Waals surface area contributed by atoms with Gasteiger partial charge < -0.3 is 34.7 Å². The summed E-state index contributed by atoms with van der Waals surface area (Å²) < 4.78 is 20.8. The Morgan fingerprint density at radius 2 is 1.60 bits per heavy atom. The third-order valence-electron chi connectivity index (χ3n) is 10.2. The van der Waals surface area contributed by atoms with E-state index >= 15 is 0 Å². The molecule has 5 aliphatic rings. The lowest BCUT2D eigenvalue weighted by Crippen LogP contribution is -2.33. The fourth-order valence-corrected chi connectivity index (χ4v) is 7.12. The topological polar surface area (TPSA) is 169 Å². The van der Waals surface area contributed by atoms with Crippen molar-refractivity contribution in [1.82, 2.24) is 10.6 Å². The number of allylic oxidation sites excluding steroid dienone is 10. The summed E-state index contributed by atoms with van der Waals surface area (Å²) in [6.07, 6.45) is 7.75. The van der Waals surface area contributed by atoms with E-state index in [1.54, 1.807) is 7.11 Å². The predicted molar refractivity (Wildman–Crippen MR) is 202 cm³/mol. The molecule has 0 radical (unpaired) electrons. The summed E-state index contributed by atoms with van der Waals surface area (Å²) in [4.78, 5) is 54.9. The smallest absolute Gasteiger partial charge is 0.310 e. The van der Waals surface area contributed by atoms with E-state index in [0.717, 1.165) is 28.7 Å². The van der Waals surface area contributed by atoms with E-state index in [4.69, 9.17) is 33.9 Å². The highest BCUT2D eigenvalue weighted by Crippen LogP contribution is 2.43. The molecule has 1 fully saturated rings. The highest BCUT2D eigenvalue weighted by Gasteiger charge is 2.40. The fraction of sp³-hybridized carbons (Fsp3) is 0.450. The molecule has 53 heavy (non-hydrogen) atoms. The highest BCUT2D eigenvalue weighted by molar-refractivity contribution is 6.32. The van der Waals surface area contributed by atoms with Gasteiger partial charge in [0.15, 0.2) is 0 Å². The standard InChI is InChI=1S/C40H49N5O8/c1-9-25-21(2)30-18-34-28(20-46)23(4)29(43-34)17-31-22(3)26(10-11-35(47)51-7)38(44-31)27(16-36(48)52-8)39-37(24(5)32(45-39)19-33(25)42-30)40(49)41-12-13-53-15-14-50-6/h17-20,22,26,44,46H,9-16H2,1-8H3,(H,41,49). The summed E-state index contributed by atoms with van der Waals surface area (Å²) in [6.45, 7) is 11.2. The molecule has 13 heteroatoms. The SMILES string of the molecule is CCC1=C(C)C2=CC3=NC(=C(C)C3=CO)C=C3NC(=C(CC(=O)OC)C4=NC(=CC1=N2)C(C)=C4C(=O)NCCOCCOC)C(CCC(=O)OC)C3C. The monoisotopic (exact) mass is 727 g/mol. The van der Waals surface area contributed by atoms with Crippen LogP contribution >= 0.6 is 0 Å². The van der Waals surface area contributed by atoms with Crippen LogP contribution in [0.5, 0.6) is 0 Å². The van der Waals surface area contributed by atoms with Crippen molar-refractivity contribution in [2.45, 2.75) is 60.3 Å². The first-order chi connectivity index (χ1) is 25.5. The lowest BCUT2D eigenvalue weighted by atomic mass is 9.84. The van der Waals surface area contributed by atoms with E-state index in [-0.39, 0.29) is 49.7 Å². The summed E-state index contributed by atoms with van der Waals surface area (Å²) in [5.41, 5.74) is 9.65. The zero-order valence-corrected chi connectivity index (χ0v) is 31.8. The number of aliphatic imine (C=N–C) groups is 3. The maximum Gasteiger partial charge on any atom is 0.310 e. The Hall–Kier alpha value is -5.14. The van der Waals surface area contributed by atoms with Gasteiger partial charge in [0.1, 0.15) is 0 Å². The molecule has 8 bridgehead atoms. The Balaban J connectivity index is 1.77. The summed E-state index contributed by atoms with van der Waals surface area (Å²) in [6, 6.07) is 0. The van der Waals surface area contributed by atoms with Crippen LogP contribution in [0, 0.1) is 11.8 Å². The molecule has 1 amide bonds. The van der Waals surface area contributed by atoms with Crippen LogP contribution in [0.25, 0.3) is 0 Å². The lowest BCUT2D eigenvalue weighted by molar-refractivity contribution is -0.141. The molecule has 1 saturated heterocycles. The van der Waals surface area contributed by atoms with Crippen LogP contribution in [0.2, 0.25) is 0 Å². The molecule has 2 unspecified atom stereocenters. The van der Waals surface area contributed by atoms with Gasteiger partial charge >= 0.3 is 11.9 Å². The van der Waals surface area contributed by atoms with Crippen molar-refractivity contribution in [3.63, 3.8) is 0 Å². The number of carbonyl (C=O) groups excluding carboxylic acids is 3. The quantitative estimate of drug-likeness (QED) is 0.132. The summed E-state index contributed by atoms with van der Waals surface area (Å²) in [5.74, 6) is -1.74. The zero-order chi connectivity index (χ0) is 38.4. The second-order valence-electron chi connectivity index (χ2n) is 13.3. The molecule has 0 spiro atoms. The van der Waals surface area contributed by atoms with Crippen molar-refractivity contribution < 1.29 is 38.4 Å². The molecule has 13 nitrogen and oxygen atoms in total. The zero-order valence-electron chi connectivity index (χ0n) is 31.8. The van der Waals surface area contributed by atoms with E-state index in [1.807, 2.05) is 45.9 Å². The van der Waals surface area contributed by atoms with Crippen molar-refractivity contribution in [3.8, 4) is 0 Å². The molecule has 0 saturated carbocycles. The van der Waals surface area contributed by atoms with E-state index in [0.29, 0.717) is 88.3 Å². The molecule has 0 aromatic rings. The van der Waals surface area contributed by atoms with Gasteiger partial charge in [-0.2, -0.15) is 0 Å². The normalized spacial score (nSPS) is 21.7. The van der Waals surface area contributed by atoms with Gasteiger partial charge in [0.2, 0.25) is 0 Å². The maximum absolute atomic E-state index is 14.2. The predicted octanol–water partition coefficient (Wildman–Crippen LogP) is 5.18. The van der Waals surface area contributed by atoms with Gasteiger partial charge in [-0.05, 0) is 74.1 Å². The number of fused-ring (bicyclic) bond motifs is 5. The molecule has 0 aromatic carbocycles. The van der Waals surface area contributed by atoms with Crippen LogP contribution < -0.4 is 10.6 Å². The molecule has 0 aromatic heterocycles. The maximum atomic E-state index is 14.2. The number of rotatable bonds is 13. The van der Waals surface area contributed by atoms with Crippen LogP contribution in [-0.4, -0.2) is 87.8 Å². The molecular formula is C40H49N5O8. The number of nitrogens with one attached hydrogen (secondary N) is 2. The van der Waals surface area contributed by atoms with Gasteiger partial charge in [-0.15, -0.1) is 0 Å². The molecule has 5 heterocycles. The number of esters is 2. The second kappa shape index (κ2) is 17.1. The van der Waals surface area contributed by atoms with Crippen molar-refractivity contribution in [1.29, 1.82) is 0 Å². The first-order valence-electron chi connectivity index (χ1n) is 17.9. The lowest BCUT2D eigenvalue weighted by Gasteiger charge is -2.20. The van der Waals surface area contributed by atoms with E-state index in [1.165, 1.54) is 14.2 Å². The Kier molecular flexibility index (Phi) is 12.6. The average molecular weight is 728 g/mol. The first-order valence-corrected chi connectivity index (χ1v) is 17.9. The number of carbonyl (C=O) groups is 3. The van der Waals surface area contributed by atoms with Gasteiger partial charge in [-0.1, -0.05) is 13.8 Å². The van der Waals surface area contributed by atoms with Crippen molar-refractivity contribution in [2.75, 3.05) is 47.7 Å². The fourth-order valence-electron chi connectivity index (χ4n) is 7.12. The van der Waals surface area contributed by atoms with Gasteiger partial charge in [-0.25, -0.2) is 15.0 Å². The Morgan fingerprint density at radius 3 is 2.28 bits per heavy atom. The summed E-state index contributed by atoms with van der Waals surface area (Å²) in [5, 5.41) is 16.9. The van der Waals surface area contributed by atoms with Gasteiger partial charge in [0.25, 0.3) is 5.91 Å². The van der Waals surface area contributed by atoms with Crippen LogP contribution in [-0.2, 0) is 33.3 Å². The number of aliphatic hydroxyl groups is 1. The molecular weight excluding hydrogens is 678 g/mol. The molecule has 5 rings (SSSR count). The van der Waals surface area contributed by atoms with E-state index in [9.17, 15) is 19.5 Å². The number of methoxy groups -OCH3 is 3. The van der Waals surface area contributed by atoms with Gasteiger partial charge in [0.05, 0.1) is 86.5 Å². The van der Waals surface area contributed by atoms with Crippen molar-refractivity contribution in [3.05, 3.63) is 92.0 Å². The minimum absolute atomic E-state index is 0.124. The number of amides is 1. The minimum atomic E-state index is -0.521. The third kappa shape index (κ3) is 8.11. The summed E-state index contributed by atoms with van der Waals surface area (Å²) >= 11 is 0. The van der Waals surface area contributed by atoms with E-state index in [2.05, 4.69) is 17.6 Å². The Morgan fingerprint density at radius 1 is 0.887 bits per heavy atom. The summed E-state index contributed by atoms with van der Waals surface area (Å²) in [7, 11) is 4.26. The molecule has 5 aliphatic heterocycles. The van der Waals surface area contributed by atoms with Crippen LogP contribution in [0.4, 0.5) is 0 Å². The van der Waals surface area contributed by atoms with E-state index < -0.39 is 5.97 Å². The molecule has 3 N–H and O–H groups in total. The molecule has 282 valence electrons. The number of ether oxygens (including phenoxy) is 4. The number of hydrogen-bond acceptors (Lipinski definition) is 12. The molecule has 2 atom stereocenters. The number of nitrogens with zero attached hydrogens (tertiary/aromatic N) is 3. The van der Waals surface area contributed by atoms with Gasteiger partial charge in [0, 0.05) is 54.5 Å². The van der Waals surface area contributed by atoms with Crippen molar-refractivity contribution >= 4 is 35.0 Å². The third-order valence-corrected chi connectivity index (χ3v) is 10.2. The van der Waals surface area contributed by atoms with Gasteiger partial charge in [-0.3, -0.25) is 14.4 Å². The Labute approximate surface area is 310 Å². The number of hydrogen-bond donors (Lipinski definition) is 3. The van der Waals surface area contributed by atoms with Crippen LogP contribution in [0.1, 0.15) is 60.3 Å². The molecule has 0 aliphatic carbocycles.